The molecule has 0 spiro atoms. The molecule has 1 heterocycles. The molecular formula is C13H14N2O4S2. The van der Waals surface area contributed by atoms with Gasteiger partial charge in [-0.25, -0.2) is 8.42 Å². The molecule has 2 aromatic rings. The first-order chi connectivity index (χ1) is 9.92. The number of amides is 1. The van der Waals surface area contributed by atoms with Crippen LogP contribution in [0.1, 0.15) is 6.92 Å². The molecule has 1 aromatic carbocycles. The van der Waals surface area contributed by atoms with E-state index < -0.39 is 10.0 Å². The van der Waals surface area contributed by atoms with Gasteiger partial charge in [0, 0.05) is 12.6 Å². The molecule has 0 aliphatic heterocycles. The number of methoxy groups -OCH3 is 1. The minimum Gasteiger partial charge on any atom is -0.495 e. The maximum atomic E-state index is 12.2. The molecule has 21 heavy (non-hydrogen) atoms. The van der Waals surface area contributed by atoms with Crippen LogP contribution >= 0.6 is 11.3 Å². The number of nitrogens with one attached hydrogen (secondary N) is 2. The van der Waals surface area contributed by atoms with Crippen molar-refractivity contribution in [3.63, 3.8) is 0 Å². The van der Waals surface area contributed by atoms with Crippen molar-refractivity contribution in [2.24, 2.45) is 0 Å². The van der Waals surface area contributed by atoms with Gasteiger partial charge in [0.05, 0.1) is 12.8 Å². The van der Waals surface area contributed by atoms with E-state index in [0.717, 1.165) is 11.3 Å². The lowest BCUT2D eigenvalue weighted by Crippen LogP contribution is -2.13. The third-order valence-electron chi connectivity index (χ3n) is 2.52. The highest BCUT2D eigenvalue weighted by atomic mass is 32.2. The van der Waals surface area contributed by atoms with E-state index in [1.54, 1.807) is 23.6 Å². The first-order valence-electron chi connectivity index (χ1n) is 5.94. The van der Waals surface area contributed by atoms with E-state index in [9.17, 15) is 13.2 Å². The van der Waals surface area contributed by atoms with Crippen molar-refractivity contribution in [1.82, 2.24) is 0 Å². The Labute approximate surface area is 126 Å². The topological polar surface area (TPSA) is 84.5 Å². The molecule has 1 aromatic heterocycles. The maximum absolute atomic E-state index is 12.2. The summed E-state index contributed by atoms with van der Waals surface area (Å²) < 4.78 is 32.2. The number of anilines is 2. The number of hydrogen-bond acceptors (Lipinski definition) is 5. The Kier molecular flexibility index (Phi) is 4.49. The number of thiophene rings is 1. The van der Waals surface area contributed by atoms with Crippen molar-refractivity contribution in [2.45, 2.75) is 11.1 Å². The van der Waals surface area contributed by atoms with Gasteiger partial charge in [-0.2, -0.15) is 0 Å². The summed E-state index contributed by atoms with van der Waals surface area (Å²) in [6, 6.07) is 7.88. The molecule has 0 atom stereocenters. The average molecular weight is 326 g/mol. The van der Waals surface area contributed by atoms with Crippen LogP contribution in [0, 0.1) is 0 Å². The molecule has 0 aliphatic carbocycles. The fourth-order valence-corrected chi connectivity index (χ4v) is 3.73. The van der Waals surface area contributed by atoms with E-state index in [2.05, 4.69) is 10.0 Å². The van der Waals surface area contributed by atoms with Crippen molar-refractivity contribution in [2.75, 3.05) is 17.1 Å². The predicted molar refractivity (Wildman–Crippen MR) is 82.4 cm³/mol. The number of ether oxygens (including phenoxy) is 1. The van der Waals surface area contributed by atoms with Crippen LogP contribution in [0.5, 0.6) is 5.75 Å². The van der Waals surface area contributed by atoms with Gasteiger partial charge in [0.1, 0.15) is 9.96 Å². The summed E-state index contributed by atoms with van der Waals surface area (Å²) in [7, 11) is -2.23. The molecule has 1 amide bonds. The summed E-state index contributed by atoms with van der Waals surface area (Å²) in [6.45, 7) is 1.37. The van der Waals surface area contributed by atoms with E-state index in [-0.39, 0.29) is 15.8 Å². The molecule has 0 saturated heterocycles. The SMILES string of the molecule is COc1ccc(NC(C)=O)cc1NS(=O)(=O)c1cccs1. The van der Waals surface area contributed by atoms with Crippen molar-refractivity contribution in [3.05, 3.63) is 35.7 Å². The number of carbonyl (C=O) groups is 1. The first kappa shape index (κ1) is 15.3. The fourth-order valence-electron chi connectivity index (χ4n) is 1.68. The fraction of sp³-hybridized carbons (Fsp3) is 0.154. The molecule has 0 saturated carbocycles. The molecule has 0 fully saturated rings. The lowest BCUT2D eigenvalue weighted by molar-refractivity contribution is -0.114. The Balaban J connectivity index is 2.35. The average Bonchev–Trinajstić information content (AvgIpc) is 2.92. The van der Waals surface area contributed by atoms with Crippen LogP contribution < -0.4 is 14.8 Å². The number of sulfonamides is 1. The largest absolute Gasteiger partial charge is 0.495 e. The predicted octanol–water partition coefficient (Wildman–Crippen LogP) is 2.52. The van der Waals surface area contributed by atoms with Crippen molar-refractivity contribution in [1.29, 1.82) is 0 Å². The number of benzene rings is 1. The summed E-state index contributed by atoms with van der Waals surface area (Å²) in [6.07, 6.45) is 0. The number of hydrogen-bond donors (Lipinski definition) is 2. The van der Waals surface area contributed by atoms with Crippen LogP contribution in [0.15, 0.2) is 39.9 Å². The van der Waals surface area contributed by atoms with E-state index in [1.165, 1.54) is 26.2 Å². The smallest absolute Gasteiger partial charge is 0.271 e. The van der Waals surface area contributed by atoms with Gasteiger partial charge in [-0.05, 0) is 29.6 Å². The van der Waals surface area contributed by atoms with Crippen LogP contribution in [0.3, 0.4) is 0 Å². The Morgan fingerprint density at radius 1 is 1.29 bits per heavy atom. The van der Waals surface area contributed by atoms with Gasteiger partial charge in [0.2, 0.25) is 5.91 Å². The van der Waals surface area contributed by atoms with Crippen LogP contribution in [0.4, 0.5) is 11.4 Å². The molecule has 0 aliphatic rings. The van der Waals surface area contributed by atoms with Gasteiger partial charge < -0.3 is 10.1 Å². The van der Waals surface area contributed by atoms with Crippen LogP contribution in [-0.4, -0.2) is 21.4 Å². The Morgan fingerprint density at radius 2 is 2.05 bits per heavy atom. The minimum absolute atomic E-state index is 0.203. The summed E-state index contributed by atoms with van der Waals surface area (Å²) in [4.78, 5) is 11.1. The second kappa shape index (κ2) is 6.15. The first-order valence-corrected chi connectivity index (χ1v) is 8.30. The van der Waals surface area contributed by atoms with Gasteiger partial charge >= 0.3 is 0 Å². The van der Waals surface area contributed by atoms with Crippen molar-refractivity contribution < 1.29 is 17.9 Å². The Bertz CT molecular complexity index is 740. The maximum Gasteiger partial charge on any atom is 0.271 e. The normalized spacial score (nSPS) is 11.0. The standard InChI is InChI=1S/C13H14N2O4S2/c1-9(16)14-10-5-6-12(19-2)11(8-10)15-21(17,18)13-4-3-7-20-13/h3-8,15H,1-2H3,(H,14,16). The van der Waals surface area contributed by atoms with Crippen molar-refractivity contribution >= 4 is 38.6 Å². The van der Waals surface area contributed by atoms with Gasteiger partial charge in [-0.1, -0.05) is 6.07 Å². The second-order valence-corrected chi connectivity index (χ2v) is 6.99. The molecule has 112 valence electrons. The molecule has 2 N–H and O–H groups in total. The Hall–Kier alpha value is -2.06. The molecular weight excluding hydrogens is 312 g/mol. The van der Waals surface area contributed by atoms with E-state index >= 15 is 0 Å². The zero-order valence-electron chi connectivity index (χ0n) is 11.4. The van der Waals surface area contributed by atoms with Gasteiger partial charge in [-0.3, -0.25) is 9.52 Å². The van der Waals surface area contributed by atoms with Gasteiger partial charge in [0.25, 0.3) is 10.0 Å². The zero-order valence-corrected chi connectivity index (χ0v) is 13.0. The van der Waals surface area contributed by atoms with E-state index in [0.29, 0.717) is 11.4 Å². The molecule has 0 bridgehead atoms. The molecule has 0 radical (unpaired) electrons. The lowest BCUT2D eigenvalue weighted by Gasteiger charge is -2.12. The highest BCUT2D eigenvalue weighted by Crippen LogP contribution is 2.30. The van der Waals surface area contributed by atoms with Crippen LogP contribution in [0.25, 0.3) is 0 Å². The van der Waals surface area contributed by atoms with Crippen LogP contribution in [0.2, 0.25) is 0 Å². The molecule has 2 rings (SSSR count). The van der Waals surface area contributed by atoms with E-state index in [4.69, 9.17) is 4.74 Å². The zero-order chi connectivity index (χ0) is 15.5. The summed E-state index contributed by atoms with van der Waals surface area (Å²) >= 11 is 1.12. The molecule has 6 nitrogen and oxygen atoms in total. The highest BCUT2D eigenvalue weighted by molar-refractivity contribution is 7.94. The van der Waals surface area contributed by atoms with E-state index in [1.807, 2.05) is 0 Å². The summed E-state index contributed by atoms with van der Waals surface area (Å²) in [5.74, 6) is 0.122. The van der Waals surface area contributed by atoms with Gasteiger partial charge in [0.15, 0.2) is 0 Å². The third-order valence-corrected chi connectivity index (χ3v) is 5.29. The summed E-state index contributed by atoms with van der Waals surface area (Å²) in [5.41, 5.74) is 0.740. The van der Waals surface area contributed by atoms with Gasteiger partial charge in [-0.15, -0.1) is 11.3 Å². The monoisotopic (exact) mass is 326 g/mol. The van der Waals surface area contributed by atoms with Crippen LogP contribution in [-0.2, 0) is 14.8 Å². The quantitative estimate of drug-likeness (QED) is 0.884. The van der Waals surface area contributed by atoms with Crippen molar-refractivity contribution in [3.8, 4) is 5.75 Å². The number of rotatable bonds is 5. The third kappa shape index (κ3) is 3.73. The summed E-state index contributed by atoms with van der Waals surface area (Å²) in [5, 5.41) is 4.27. The molecule has 8 heteroatoms. The lowest BCUT2D eigenvalue weighted by atomic mass is 10.2. The molecule has 0 unspecified atom stereocenters. The second-order valence-electron chi connectivity index (χ2n) is 4.13. The minimum atomic E-state index is -3.67. The highest BCUT2D eigenvalue weighted by Gasteiger charge is 2.18. The Morgan fingerprint density at radius 3 is 2.62 bits per heavy atom. The number of carbonyl (C=O) groups excluding carboxylic acids is 1.